The van der Waals surface area contributed by atoms with Gasteiger partial charge in [0.25, 0.3) is 0 Å². The number of hydrogen-bond donors (Lipinski definition) is 1. The molecule has 15 heavy (non-hydrogen) atoms. The molecule has 0 bridgehead atoms. The van der Waals surface area contributed by atoms with Gasteiger partial charge in [0.05, 0.1) is 26.0 Å². The van der Waals surface area contributed by atoms with Crippen molar-refractivity contribution < 1.29 is 14.1 Å². The zero-order valence-corrected chi connectivity index (χ0v) is 8.31. The second-order valence-electron chi connectivity index (χ2n) is 3.24. The minimum Gasteiger partial charge on any atom is -0.378 e. The van der Waals surface area contributed by atoms with Crippen LogP contribution < -0.4 is 5.32 Å². The third kappa shape index (κ3) is 2.69. The number of aromatic nitrogens is 1. The van der Waals surface area contributed by atoms with Gasteiger partial charge >= 0.3 is 6.03 Å². The Hall–Kier alpha value is -1.56. The lowest BCUT2D eigenvalue weighted by Gasteiger charge is -2.26. The van der Waals surface area contributed by atoms with Gasteiger partial charge in [-0.25, -0.2) is 4.79 Å². The number of ether oxygens (including phenoxy) is 1. The molecule has 0 atom stereocenters. The summed E-state index contributed by atoms with van der Waals surface area (Å²) in [6.07, 6.45) is 1.55. The Balaban J connectivity index is 1.76. The molecule has 2 heterocycles. The van der Waals surface area contributed by atoms with Crippen LogP contribution in [0.3, 0.4) is 0 Å². The van der Waals surface area contributed by atoms with E-state index in [0.717, 1.165) is 0 Å². The van der Waals surface area contributed by atoms with E-state index in [4.69, 9.17) is 9.26 Å². The van der Waals surface area contributed by atoms with E-state index in [1.807, 2.05) is 0 Å². The minimum atomic E-state index is -0.0882. The zero-order valence-electron chi connectivity index (χ0n) is 8.31. The van der Waals surface area contributed by atoms with Crippen LogP contribution in [0.15, 0.2) is 16.8 Å². The van der Waals surface area contributed by atoms with Crippen molar-refractivity contribution in [2.45, 2.75) is 6.54 Å². The molecule has 1 aromatic heterocycles. The van der Waals surface area contributed by atoms with E-state index < -0.39 is 0 Å². The van der Waals surface area contributed by atoms with Crippen molar-refractivity contribution in [3.8, 4) is 0 Å². The number of urea groups is 1. The first-order chi connectivity index (χ1) is 7.36. The molecule has 2 rings (SSSR count). The Morgan fingerprint density at radius 1 is 1.53 bits per heavy atom. The van der Waals surface area contributed by atoms with Gasteiger partial charge in [-0.1, -0.05) is 5.16 Å². The molecule has 0 aliphatic carbocycles. The molecule has 0 unspecified atom stereocenters. The molecular weight excluding hydrogens is 198 g/mol. The highest BCUT2D eigenvalue weighted by atomic mass is 16.5. The third-order valence-electron chi connectivity index (χ3n) is 2.20. The van der Waals surface area contributed by atoms with Gasteiger partial charge in [0, 0.05) is 19.2 Å². The summed E-state index contributed by atoms with van der Waals surface area (Å²) < 4.78 is 10.0. The standard InChI is InChI=1S/C9H13N3O3/c13-9(12-3-5-14-6-4-12)10-7-8-1-2-11-15-8/h1-2H,3-7H2,(H,10,13). The lowest BCUT2D eigenvalue weighted by Crippen LogP contribution is -2.45. The van der Waals surface area contributed by atoms with Crippen LogP contribution in [0.1, 0.15) is 5.76 Å². The maximum absolute atomic E-state index is 11.6. The predicted octanol–water partition coefficient (Wildman–Crippen LogP) is 0.216. The number of carbonyl (C=O) groups is 1. The molecule has 1 fully saturated rings. The van der Waals surface area contributed by atoms with Crippen LogP contribution in [0.2, 0.25) is 0 Å². The van der Waals surface area contributed by atoms with Gasteiger partial charge in [0.1, 0.15) is 0 Å². The van der Waals surface area contributed by atoms with Crippen LogP contribution in [-0.2, 0) is 11.3 Å². The number of rotatable bonds is 2. The Kier molecular flexibility index (Phi) is 3.18. The molecule has 6 nitrogen and oxygen atoms in total. The number of hydrogen-bond acceptors (Lipinski definition) is 4. The van der Waals surface area contributed by atoms with Crippen LogP contribution in [0, 0.1) is 0 Å². The normalized spacial score (nSPS) is 16.4. The second kappa shape index (κ2) is 4.79. The molecule has 1 N–H and O–H groups in total. The van der Waals surface area contributed by atoms with E-state index in [1.54, 1.807) is 17.2 Å². The Morgan fingerprint density at radius 2 is 2.33 bits per heavy atom. The predicted molar refractivity (Wildman–Crippen MR) is 51.1 cm³/mol. The van der Waals surface area contributed by atoms with Crippen molar-refractivity contribution in [3.63, 3.8) is 0 Å². The van der Waals surface area contributed by atoms with Crippen LogP contribution in [0.25, 0.3) is 0 Å². The van der Waals surface area contributed by atoms with Crippen molar-refractivity contribution in [1.29, 1.82) is 0 Å². The molecular formula is C9H13N3O3. The van der Waals surface area contributed by atoms with Gasteiger partial charge in [-0.15, -0.1) is 0 Å². The summed E-state index contributed by atoms with van der Waals surface area (Å²) in [6, 6.07) is 1.63. The molecule has 6 heteroatoms. The van der Waals surface area contributed by atoms with Crippen molar-refractivity contribution in [2.24, 2.45) is 0 Å². The van der Waals surface area contributed by atoms with Gasteiger partial charge in [-0.05, 0) is 0 Å². The monoisotopic (exact) mass is 211 g/mol. The summed E-state index contributed by atoms with van der Waals surface area (Å²) in [5, 5.41) is 6.31. The molecule has 0 aromatic carbocycles. The maximum atomic E-state index is 11.6. The molecule has 1 saturated heterocycles. The topological polar surface area (TPSA) is 67.6 Å². The van der Waals surface area contributed by atoms with E-state index in [9.17, 15) is 4.79 Å². The lowest BCUT2D eigenvalue weighted by atomic mass is 10.4. The Bertz CT molecular complexity index is 306. The van der Waals surface area contributed by atoms with Gasteiger partial charge in [0.15, 0.2) is 5.76 Å². The highest BCUT2D eigenvalue weighted by Crippen LogP contribution is 1.99. The summed E-state index contributed by atoms with van der Waals surface area (Å²) in [5.41, 5.74) is 0. The largest absolute Gasteiger partial charge is 0.378 e. The summed E-state index contributed by atoms with van der Waals surface area (Å²) in [4.78, 5) is 13.3. The summed E-state index contributed by atoms with van der Waals surface area (Å²) in [6.45, 7) is 2.87. The Morgan fingerprint density at radius 3 is 3.00 bits per heavy atom. The molecule has 82 valence electrons. The van der Waals surface area contributed by atoms with Crippen LogP contribution in [0.4, 0.5) is 4.79 Å². The molecule has 0 saturated carbocycles. The fourth-order valence-electron chi connectivity index (χ4n) is 1.37. The first kappa shape index (κ1) is 9.97. The number of nitrogens with zero attached hydrogens (tertiary/aromatic N) is 2. The van der Waals surface area contributed by atoms with E-state index >= 15 is 0 Å². The summed E-state index contributed by atoms with van der Waals surface area (Å²) >= 11 is 0. The van der Waals surface area contributed by atoms with E-state index in [0.29, 0.717) is 38.6 Å². The van der Waals surface area contributed by atoms with Gasteiger partial charge < -0.3 is 19.5 Å². The Labute approximate surface area is 87.2 Å². The molecule has 1 aromatic rings. The smallest absolute Gasteiger partial charge is 0.317 e. The zero-order chi connectivity index (χ0) is 10.5. The van der Waals surface area contributed by atoms with E-state index in [-0.39, 0.29) is 6.03 Å². The maximum Gasteiger partial charge on any atom is 0.317 e. The number of morpholine rings is 1. The van der Waals surface area contributed by atoms with Crippen LogP contribution >= 0.6 is 0 Å². The molecule has 1 aliphatic heterocycles. The molecule has 2 amide bonds. The molecule has 0 spiro atoms. The van der Waals surface area contributed by atoms with Gasteiger partial charge in [-0.2, -0.15) is 0 Å². The fourth-order valence-corrected chi connectivity index (χ4v) is 1.37. The first-order valence-electron chi connectivity index (χ1n) is 4.86. The van der Waals surface area contributed by atoms with Crippen molar-refractivity contribution in [2.75, 3.05) is 26.3 Å². The van der Waals surface area contributed by atoms with Gasteiger partial charge in [0.2, 0.25) is 0 Å². The SMILES string of the molecule is O=C(NCc1ccno1)N1CCOCC1. The van der Waals surface area contributed by atoms with Crippen molar-refractivity contribution in [1.82, 2.24) is 15.4 Å². The first-order valence-corrected chi connectivity index (χ1v) is 4.86. The number of carbonyl (C=O) groups excluding carboxylic acids is 1. The summed E-state index contributed by atoms with van der Waals surface area (Å²) in [7, 11) is 0. The van der Waals surface area contributed by atoms with E-state index in [2.05, 4.69) is 10.5 Å². The third-order valence-corrected chi connectivity index (χ3v) is 2.20. The average molecular weight is 211 g/mol. The van der Waals surface area contributed by atoms with Crippen LogP contribution in [0.5, 0.6) is 0 Å². The minimum absolute atomic E-state index is 0.0882. The molecule has 1 aliphatic rings. The molecule has 0 radical (unpaired) electrons. The fraction of sp³-hybridized carbons (Fsp3) is 0.556. The highest BCUT2D eigenvalue weighted by Gasteiger charge is 2.16. The number of nitrogens with one attached hydrogen (secondary N) is 1. The average Bonchev–Trinajstić information content (AvgIpc) is 2.80. The van der Waals surface area contributed by atoms with E-state index in [1.165, 1.54) is 0 Å². The second-order valence-corrected chi connectivity index (χ2v) is 3.24. The number of amides is 2. The van der Waals surface area contributed by atoms with Gasteiger partial charge in [-0.3, -0.25) is 0 Å². The van der Waals surface area contributed by atoms with Crippen molar-refractivity contribution in [3.05, 3.63) is 18.0 Å². The quantitative estimate of drug-likeness (QED) is 0.759. The van der Waals surface area contributed by atoms with Crippen LogP contribution in [-0.4, -0.2) is 42.4 Å². The summed E-state index contributed by atoms with van der Waals surface area (Å²) in [5.74, 6) is 0.650. The van der Waals surface area contributed by atoms with Crippen molar-refractivity contribution >= 4 is 6.03 Å². The highest BCUT2D eigenvalue weighted by molar-refractivity contribution is 5.74. The lowest BCUT2D eigenvalue weighted by molar-refractivity contribution is 0.0530.